The van der Waals surface area contributed by atoms with E-state index < -0.39 is 35.7 Å². The number of anilines is 1. The standard InChI is InChI=1S/C20H27N3O8/c1-20(2,3)31-19(27)22-14-7-8-23(18(26)21-14)15-9-12-10-28-16(24)5-4-6-17(25)29-11-13(12)30-15/h7-8,12-13,15H,4-6,9-11H2,1-3H3,(H,21,22,26,27)/t12-,13-,15-/m1/s1. The zero-order valence-electron chi connectivity index (χ0n) is 17.8. The summed E-state index contributed by atoms with van der Waals surface area (Å²) in [5.74, 6) is -0.983. The van der Waals surface area contributed by atoms with Gasteiger partial charge in [0, 0.05) is 31.4 Å². The lowest BCUT2D eigenvalue weighted by atomic mass is 10.0. The summed E-state index contributed by atoms with van der Waals surface area (Å²) in [6.45, 7) is 5.29. The number of carbonyl (C=O) groups excluding carboxylic acids is 3. The van der Waals surface area contributed by atoms with Gasteiger partial charge in [0.1, 0.15) is 30.4 Å². The minimum absolute atomic E-state index is 0.0119. The molecule has 31 heavy (non-hydrogen) atoms. The Morgan fingerprint density at radius 2 is 1.84 bits per heavy atom. The first kappa shape index (κ1) is 22.7. The second-order valence-corrected chi connectivity index (χ2v) is 8.47. The molecule has 170 valence electrons. The van der Waals surface area contributed by atoms with Crippen molar-refractivity contribution in [2.45, 2.75) is 64.4 Å². The first-order valence-electron chi connectivity index (χ1n) is 10.2. The Morgan fingerprint density at radius 1 is 1.16 bits per heavy atom. The van der Waals surface area contributed by atoms with Crippen LogP contribution in [0.25, 0.3) is 0 Å². The molecule has 0 saturated carbocycles. The van der Waals surface area contributed by atoms with Crippen molar-refractivity contribution in [3.63, 3.8) is 0 Å². The van der Waals surface area contributed by atoms with Crippen LogP contribution in [0.5, 0.6) is 0 Å². The van der Waals surface area contributed by atoms with Gasteiger partial charge in [-0.3, -0.25) is 19.5 Å². The number of hydrogen-bond donors (Lipinski definition) is 1. The van der Waals surface area contributed by atoms with Crippen molar-refractivity contribution in [3.05, 3.63) is 22.7 Å². The molecule has 0 aromatic carbocycles. The second kappa shape index (κ2) is 9.46. The summed E-state index contributed by atoms with van der Waals surface area (Å²) in [6.07, 6.45) is 0.555. The van der Waals surface area contributed by atoms with E-state index in [9.17, 15) is 19.2 Å². The summed E-state index contributed by atoms with van der Waals surface area (Å²) in [4.78, 5) is 51.8. The molecular formula is C20H27N3O8. The second-order valence-electron chi connectivity index (χ2n) is 8.47. The van der Waals surface area contributed by atoms with Crippen molar-refractivity contribution in [1.82, 2.24) is 9.55 Å². The summed E-state index contributed by atoms with van der Waals surface area (Å²) < 4.78 is 22.9. The fourth-order valence-electron chi connectivity index (χ4n) is 3.32. The molecule has 3 atom stereocenters. The van der Waals surface area contributed by atoms with E-state index in [4.69, 9.17) is 18.9 Å². The van der Waals surface area contributed by atoms with E-state index >= 15 is 0 Å². The van der Waals surface area contributed by atoms with E-state index in [-0.39, 0.29) is 43.8 Å². The van der Waals surface area contributed by atoms with Gasteiger partial charge in [0.2, 0.25) is 0 Å². The lowest BCUT2D eigenvalue weighted by Crippen LogP contribution is -2.31. The highest BCUT2D eigenvalue weighted by Gasteiger charge is 2.38. The molecule has 0 unspecified atom stereocenters. The van der Waals surface area contributed by atoms with Crippen LogP contribution in [-0.4, -0.2) is 52.5 Å². The zero-order valence-corrected chi connectivity index (χ0v) is 17.8. The molecule has 2 aliphatic rings. The smallest absolute Gasteiger partial charge is 0.413 e. The van der Waals surface area contributed by atoms with Gasteiger partial charge in [0.25, 0.3) is 0 Å². The Balaban J connectivity index is 1.69. The van der Waals surface area contributed by atoms with Gasteiger partial charge in [-0.05, 0) is 33.3 Å². The van der Waals surface area contributed by atoms with E-state index in [0.717, 1.165) is 0 Å². The van der Waals surface area contributed by atoms with Gasteiger partial charge in [-0.25, -0.2) is 9.59 Å². The van der Waals surface area contributed by atoms with Gasteiger partial charge >= 0.3 is 23.7 Å². The molecule has 2 saturated heterocycles. The average molecular weight is 437 g/mol. The van der Waals surface area contributed by atoms with Crippen LogP contribution in [0, 0.1) is 5.92 Å². The Bertz CT molecular complexity index is 863. The van der Waals surface area contributed by atoms with E-state index in [2.05, 4.69) is 10.3 Å². The summed E-state index contributed by atoms with van der Waals surface area (Å²) in [5.41, 5.74) is -1.32. The first-order valence-corrected chi connectivity index (χ1v) is 10.2. The predicted molar refractivity (Wildman–Crippen MR) is 106 cm³/mol. The van der Waals surface area contributed by atoms with Crippen LogP contribution in [-0.2, 0) is 28.5 Å². The number of nitrogens with zero attached hydrogens (tertiary/aromatic N) is 2. The highest BCUT2D eigenvalue weighted by Crippen LogP contribution is 2.33. The summed E-state index contributed by atoms with van der Waals surface area (Å²) >= 11 is 0. The van der Waals surface area contributed by atoms with Crippen LogP contribution in [0.3, 0.4) is 0 Å². The fourth-order valence-corrected chi connectivity index (χ4v) is 3.32. The molecule has 0 spiro atoms. The lowest BCUT2D eigenvalue weighted by Gasteiger charge is -2.19. The molecule has 0 bridgehead atoms. The maximum Gasteiger partial charge on any atom is 0.413 e. The van der Waals surface area contributed by atoms with Gasteiger partial charge in [-0.15, -0.1) is 0 Å². The number of hydrogen-bond acceptors (Lipinski definition) is 9. The summed E-state index contributed by atoms with van der Waals surface area (Å²) in [7, 11) is 0. The van der Waals surface area contributed by atoms with Crippen LogP contribution in [0.15, 0.2) is 17.1 Å². The normalized spacial score (nSPS) is 24.9. The van der Waals surface area contributed by atoms with Crippen LogP contribution in [0.2, 0.25) is 0 Å². The molecule has 1 amide bonds. The zero-order chi connectivity index (χ0) is 22.6. The molecule has 1 aromatic heterocycles. The molecule has 3 rings (SSSR count). The van der Waals surface area contributed by atoms with Crippen LogP contribution in [0.1, 0.15) is 52.7 Å². The van der Waals surface area contributed by atoms with Gasteiger partial charge in [0.05, 0.1) is 6.61 Å². The van der Waals surface area contributed by atoms with Crippen LogP contribution < -0.4 is 11.0 Å². The highest BCUT2D eigenvalue weighted by molar-refractivity contribution is 5.83. The van der Waals surface area contributed by atoms with E-state index in [0.29, 0.717) is 12.8 Å². The molecule has 1 N–H and O–H groups in total. The molecule has 0 radical (unpaired) electrons. The third kappa shape index (κ3) is 6.51. The topological polar surface area (TPSA) is 135 Å². The number of fused-ring (bicyclic) bond motifs is 1. The van der Waals surface area contributed by atoms with Gasteiger partial charge in [0.15, 0.2) is 0 Å². The third-order valence-electron chi connectivity index (χ3n) is 4.76. The molecule has 2 fully saturated rings. The number of rotatable bonds is 2. The summed E-state index contributed by atoms with van der Waals surface area (Å²) in [6, 6.07) is 1.45. The Kier molecular flexibility index (Phi) is 6.94. The Morgan fingerprint density at radius 3 is 2.48 bits per heavy atom. The maximum atomic E-state index is 12.5. The summed E-state index contributed by atoms with van der Waals surface area (Å²) in [5, 5.41) is 2.41. The maximum absolute atomic E-state index is 12.5. The number of nitrogens with one attached hydrogen (secondary N) is 1. The van der Waals surface area contributed by atoms with Crippen molar-refractivity contribution in [3.8, 4) is 0 Å². The first-order chi connectivity index (χ1) is 14.6. The molecule has 2 aliphatic heterocycles. The van der Waals surface area contributed by atoms with Gasteiger partial charge in [-0.2, -0.15) is 4.98 Å². The Labute approximate surface area is 179 Å². The van der Waals surface area contributed by atoms with Gasteiger partial charge < -0.3 is 18.9 Å². The number of carbonyl (C=O) groups is 3. The molecule has 11 heteroatoms. The van der Waals surface area contributed by atoms with Crippen molar-refractivity contribution in [2.75, 3.05) is 18.5 Å². The SMILES string of the molecule is CC(C)(C)OC(=O)Nc1ccn([C@H]2C[C@@H]3COC(=O)CCCC(=O)OC[C@H]3O2)c(=O)n1. The minimum atomic E-state index is -0.723. The lowest BCUT2D eigenvalue weighted by molar-refractivity contribution is -0.150. The number of cyclic esters (lactones) is 2. The van der Waals surface area contributed by atoms with E-state index in [1.165, 1.54) is 16.8 Å². The average Bonchev–Trinajstić information content (AvgIpc) is 3.04. The van der Waals surface area contributed by atoms with Crippen molar-refractivity contribution < 1.29 is 33.3 Å². The Hall–Kier alpha value is -2.95. The predicted octanol–water partition coefficient (Wildman–Crippen LogP) is 1.76. The number of aromatic nitrogens is 2. The number of amides is 1. The van der Waals surface area contributed by atoms with Crippen molar-refractivity contribution in [2.24, 2.45) is 5.92 Å². The molecule has 1 aromatic rings. The monoisotopic (exact) mass is 437 g/mol. The number of ether oxygens (including phenoxy) is 4. The van der Waals surface area contributed by atoms with E-state index in [1.54, 1.807) is 20.8 Å². The van der Waals surface area contributed by atoms with Crippen molar-refractivity contribution >= 4 is 23.8 Å². The minimum Gasteiger partial charge on any atom is -0.465 e. The fraction of sp³-hybridized carbons (Fsp3) is 0.650. The highest BCUT2D eigenvalue weighted by atomic mass is 16.6. The molecule has 3 heterocycles. The van der Waals surface area contributed by atoms with Crippen LogP contribution in [0.4, 0.5) is 10.6 Å². The molecular weight excluding hydrogens is 410 g/mol. The molecule has 0 aliphatic carbocycles. The number of esters is 2. The molecule has 11 nitrogen and oxygen atoms in total. The van der Waals surface area contributed by atoms with Gasteiger partial charge in [-0.1, -0.05) is 0 Å². The largest absolute Gasteiger partial charge is 0.465 e. The van der Waals surface area contributed by atoms with Crippen molar-refractivity contribution in [1.29, 1.82) is 0 Å². The van der Waals surface area contributed by atoms with Crippen LogP contribution >= 0.6 is 0 Å². The quantitative estimate of drug-likeness (QED) is 0.542. The third-order valence-corrected chi connectivity index (χ3v) is 4.76. The van der Waals surface area contributed by atoms with E-state index in [1.807, 2.05) is 0 Å².